The van der Waals surface area contributed by atoms with Gasteiger partial charge in [0.2, 0.25) is 0 Å². The molecule has 2 aromatic rings. The quantitative estimate of drug-likeness (QED) is 0.839. The van der Waals surface area contributed by atoms with Gasteiger partial charge in [0.25, 0.3) is 0 Å². The highest BCUT2D eigenvalue weighted by atomic mass is 14.9. The zero-order valence-corrected chi connectivity index (χ0v) is 13.2. The Morgan fingerprint density at radius 1 is 1.17 bits per heavy atom. The average molecular weight is 301 g/mol. The summed E-state index contributed by atoms with van der Waals surface area (Å²) >= 11 is 0. The number of nitriles is 1. The average Bonchev–Trinajstić information content (AvgIpc) is 2.63. The molecule has 1 heterocycles. The summed E-state index contributed by atoms with van der Waals surface area (Å²) in [5, 5.41) is 8.91. The van der Waals surface area contributed by atoms with Gasteiger partial charge < -0.3 is 0 Å². The minimum Gasteiger partial charge on any atom is -0.239 e. The van der Waals surface area contributed by atoms with Gasteiger partial charge in [0.1, 0.15) is 11.9 Å². The lowest BCUT2D eigenvalue weighted by Crippen LogP contribution is -2.27. The first kappa shape index (κ1) is 15.2. The molecule has 1 aromatic carbocycles. The van der Waals surface area contributed by atoms with E-state index in [1.165, 1.54) is 11.1 Å². The van der Waals surface area contributed by atoms with E-state index in [-0.39, 0.29) is 5.41 Å². The van der Waals surface area contributed by atoms with E-state index < -0.39 is 0 Å². The highest BCUT2D eigenvalue weighted by Crippen LogP contribution is 2.38. The molecule has 0 saturated heterocycles. The molecule has 3 heteroatoms. The summed E-state index contributed by atoms with van der Waals surface area (Å²) in [7, 11) is 0. The van der Waals surface area contributed by atoms with E-state index in [1.54, 1.807) is 12.4 Å². The van der Waals surface area contributed by atoms with E-state index >= 15 is 0 Å². The summed E-state index contributed by atoms with van der Waals surface area (Å²) in [5.41, 5.74) is 2.81. The molecule has 0 saturated carbocycles. The second kappa shape index (κ2) is 6.58. The van der Waals surface area contributed by atoms with Crippen molar-refractivity contribution >= 4 is 5.57 Å². The van der Waals surface area contributed by atoms with Crippen LogP contribution in [0.2, 0.25) is 0 Å². The summed E-state index contributed by atoms with van der Waals surface area (Å²) in [4.78, 5) is 8.90. The molecule has 1 aliphatic rings. The van der Waals surface area contributed by atoms with Gasteiger partial charge in [0.05, 0.1) is 11.0 Å². The molecule has 23 heavy (non-hydrogen) atoms. The number of aromatic nitrogens is 2. The molecule has 1 atom stereocenters. The Labute approximate surface area is 137 Å². The molecule has 0 radical (unpaired) electrons. The molecule has 1 aliphatic carbocycles. The first-order chi connectivity index (χ1) is 11.3. The van der Waals surface area contributed by atoms with E-state index in [4.69, 9.17) is 5.26 Å². The summed E-state index contributed by atoms with van der Waals surface area (Å²) in [5.74, 6) is 0.804. The molecule has 3 rings (SSSR count). The Hall–Kier alpha value is -2.73. The minimum absolute atomic E-state index is 0.166. The lowest BCUT2D eigenvalue weighted by Gasteiger charge is -2.30. The molecule has 0 bridgehead atoms. The van der Waals surface area contributed by atoms with Crippen molar-refractivity contribution in [3.63, 3.8) is 0 Å². The van der Waals surface area contributed by atoms with Crippen molar-refractivity contribution in [3.8, 4) is 6.07 Å². The Balaban J connectivity index is 1.91. The molecule has 0 aliphatic heterocycles. The van der Waals surface area contributed by atoms with Crippen LogP contribution in [0, 0.1) is 11.3 Å². The van der Waals surface area contributed by atoms with Gasteiger partial charge in [-0.1, -0.05) is 61.9 Å². The van der Waals surface area contributed by atoms with Crippen LogP contribution in [0.1, 0.15) is 43.1 Å². The fraction of sp³-hybridized carbons (Fsp3) is 0.250. The number of nitrogens with zero attached hydrogens (tertiary/aromatic N) is 3. The van der Waals surface area contributed by atoms with Crippen LogP contribution in [0.5, 0.6) is 0 Å². The summed E-state index contributed by atoms with van der Waals surface area (Å²) < 4.78 is 0. The van der Waals surface area contributed by atoms with Crippen molar-refractivity contribution in [2.45, 2.75) is 31.6 Å². The first-order valence-corrected chi connectivity index (χ1v) is 7.95. The van der Waals surface area contributed by atoms with E-state index in [2.05, 4.69) is 65.5 Å². The molecule has 1 aromatic heterocycles. The van der Waals surface area contributed by atoms with E-state index in [1.807, 2.05) is 6.07 Å². The summed E-state index contributed by atoms with van der Waals surface area (Å²) in [6.45, 7) is 2.18. The number of benzene rings is 1. The van der Waals surface area contributed by atoms with E-state index in [9.17, 15) is 0 Å². The molecule has 0 spiro atoms. The van der Waals surface area contributed by atoms with Crippen LogP contribution in [0.3, 0.4) is 0 Å². The van der Waals surface area contributed by atoms with E-state index in [0.717, 1.165) is 25.1 Å². The Kier molecular flexibility index (Phi) is 4.34. The molecule has 3 nitrogen and oxygen atoms in total. The predicted molar refractivity (Wildman–Crippen MR) is 91.5 cm³/mol. The zero-order chi connectivity index (χ0) is 16.1. The molecular formula is C20H19N3. The highest BCUT2D eigenvalue weighted by molar-refractivity contribution is 5.75. The van der Waals surface area contributed by atoms with Gasteiger partial charge in [-0.25, -0.2) is 9.97 Å². The van der Waals surface area contributed by atoms with E-state index in [0.29, 0.717) is 5.56 Å². The zero-order valence-electron chi connectivity index (χ0n) is 13.2. The van der Waals surface area contributed by atoms with Gasteiger partial charge in [-0.15, -0.1) is 0 Å². The predicted octanol–water partition coefficient (Wildman–Crippen LogP) is 4.43. The second-order valence-corrected chi connectivity index (χ2v) is 5.88. The van der Waals surface area contributed by atoms with Crippen molar-refractivity contribution in [2.75, 3.05) is 0 Å². The number of hydrogen-bond donors (Lipinski definition) is 0. The standard InChI is InChI=1S/C20H19N3/c1-2-10-20(19-22-14-16(13-21)15-23-19)11-8-18(9-12-20)17-6-4-3-5-7-17/h3-9,11,14-15H,2,10,12H2,1H3. The summed E-state index contributed by atoms with van der Waals surface area (Å²) in [6.07, 6.45) is 12.8. The molecule has 0 amide bonds. The molecule has 0 N–H and O–H groups in total. The third kappa shape index (κ3) is 3.07. The van der Waals surface area contributed by atoms with Crippen molar-refractivity contribution in [3.05, 3.63) is 77.9 Å². The molecular weight excluding hydrogens is 282 g/mol. The fourth-order valence-electron chi connectivity index (χ4n) is 3.07. The highest BCUT2D eigenvalue weighted by Gasteiger charge is 2.32. The Morgan fingerprint density at radius 2 is 1.91 bits per heavy atom. The van der Waals surface area contributed by atoms with Crippen molar-refractivity contribution in [1.82, 2.24) is 9.97 Å². The van der Waals surface area contributed by atoms with Crippen molar-refractivity contribution in [2.24, 2.45) is 0 Å². The lowest BCUT2D eigenvalue weighted by molar-refractivity contribution is 0.457. The maximum atomic E-state index is 8.91. The number of rotatable bonds is 4. The first-order valence-electron chi connectivity index (χ1n) is 7.95. The Morgan fingerprint density at radius 3 is 2.48 bits per heavy atom. The van der Waals surface area contributed by atoms with Crippen LogP contribution in [0.4, 0.5) is 0 Å². The maximum Gasteiger partial charge on any atom is 0.138 e. The maximum absolute atomic E-state index is 8.91. The smallest absolute Gasteiger partial charge is 0.138 e. The molecule has 114 valence electrons. The van der Waals surface area contributed by atoms with Gasteiger partial charge in [0, 0.05) is 12.4 Å². The van der Waals surface area contributed by atoms with Gasteiger partial charge >= 0.3 is 0 Å². The summed E-state index contributed by atoms with van der Waals surface area (Å²) in [6, 6.07) is 12.5. The lowest BCUT2D eigenvalue weighted by atomic mass is 9.75. The second-order valence-electron chi connectivity index (χ2n) is 5.88. The SMILES string of the molecule is CCCC1(c2ncc(C#N)cn2)C=CC(c2ccccc2)=CC1. The van der Waals surface area contributed by atoms with Gasteiger partial charge in [-0.2, -0.15) is 5.26 Å². The fourth-order valence-corrected chi connectivity index (χ4v) is 3.07. The van der Waals surface area contributed by atoms with Gasteiger partial charge in [-0.05, 0) is 24.0 Å². The van der Waals surface area contributed by atoms with Gasteiger partial charge in [0.15, 0.2) is 0 Å². The van der Waals surface area contributed by atoms with Crippen LogP contribution in [0.15, 0.2) is 61.0 Å². The largest absolute Gasteiger partial charge is 0.239 e. The minimum atomic E-state index is -0.166. The van der Waals surface area contributed by atoms with Crippen molar-refractivity contribution < 1.29 is 0 Å². The third-order valence-corrected chi connectivity index (χ3v) is 4.30. The van der Waals surface area contributed by atoms with Gasteiger partial charge in [-0.3, -0.25) is 0 Å². The van der Waals surface area contributed by atoms with Crippen LogP contribution in [-0.4, -0.2) is 9.97 Å². The van der Waals surface area contributed by atoms with Crippen LogP contribution in [0.25, 0.3) is 5.57 Å². The monoisotopic (exact) mass is 301 g/mol. The topological polar surface area (TPSA) is 49.6 Å². The van der Waals surface area contributed by atoms with Crippen LogP contribution < -0.4 is 0 Å². The van der Waals surface area contributed by atoms with Crippen LogP contribution >= 0.6 is 0 Å². The third-order valence-electron chi connectivity index (χ3n) is 4.30. The number of hydrogen-bond acceptors (Lipinski definition) is 3. The Bertz CT molecular complexity index is 767. The molecule has 1 unspecified atom stereocenters. The normalized spacial score (nSPS) is 19.9. The number of allylic oxidation sites excluding steroid dienone is 4. The molecule has 0 fully saturated rings. The van der Waals surface area contributed by atoms with Crippen LogP contribution in [-0.2, 0) is 5.41 Å². The van der Waals surface area contributed by atoms with Crippen molar-refractivity contribution in [1.29, 1.82) is 5.26 Å².